The van der Waals surface area contributed by atoms with Crippen LogP contribution < -0.4 is 11.1 Å². The molecule has 3 fully saturated rings. The predicted molar refractivity (Wildman–Crippen MR) is 150 cm³/mol. The van der Waals surface area contributed by atoms with Gasteiger partial charge < -0.3 is 20.9 Å². The molecule has 3 amide bonds. The molecule has 12 heteroatoms. The Hall–Kier alpha value is -3.67. The van der Waals surface area contributed by atoms with Crippen LogP contribution >= 0.6 is 0 Å². The van der Waals surface area contributed by atoms with Crippen LogP contribution in [0.2, 0.25) is 0 Å². The smallest absolute Gasteiger partial charge is 0.267 e. The van der Waals surface area contributed by atoms with E-state index in [4.69, 9.17) is 11.1 Å². The zero-order chi connectivity index (χ0) is 28.4. The fraction of sp³-hybridized carbons (Fsp3) is 0.500. The number of nitrogens with two attached hydrogens (primary N) is 1. The second-order valence-corrected chi connectivity index (χ2v) is 12.8. The lowest BCUT2D eigenvalue weighted by Crippen LogP contribution is -2.64. The number of guanidine groups is 1. The molecule has 0 aromatic heterocycles. The zero-order valence-corrected chi connectivity index (χ0v) is 23.2. The summed E-state index contributed by atoms with van der Waals surface area (Å²) in [5.41, 5.74) is 5.62. The van der Waals surface area contributed by atoms with Crippen LogP contribution in [0.5, 0.6) is 0 Å². The van der Waals surface area contributed by atoms with Gasteiger partial charge >= 0.3 is 0 Å². The summed E-state index contributed by atoms with van der Waals surface area (Å²) in [6, 6.07) is 10.3. The molecule has 2 aromatic rings. The number of benzene rings is 2. The Morgan fingerprint density at radius 1 is 1.02 bits per heavy atom. The van der Waals surface area contributed by atoms with Crippen molar-refractivity contribution in [3.05, 3.63) is 42.5 Å². The highest BCUT2D eigenvalue weighted by molar-refractivity contribution is 7.89. The minimum atomic E-state index is -4.42. The molecule has 0 radical (unpaired) electrons. The number of piperidine rings is 1. The van der Waals surface area contributed by atoms with E-state index in [2.05, 4.69) is 5.32 Å². The fourth-order valence-electron chi connectivity index (χ4n) is 6.15. The number of rotatable bonds is 7. The van der Waals surface area contributed by atoms with Gasteiger partial charge in [0, 0.05) is 25.7 Å². The first-order valence-corrected chi connectivity index (χ1v) is 15.3. The molecule has 2 heterocycles. The lowest BCUT2D eigenvalue weighted by molar-refractivity contribution is -0.154. The van der Waals surface area contributed by atoms with E-state index < -0.39 is 40.2 Å². The number of likely N-dealkylation sites (tertiary alicyclic amines) is 1. The largest absolute Gasteiger partial charge is 0.370 e. The minimum Gasteiger partial charge on any atom is -0.370 e. The Kier molecular flexibility index (Phi) is 7.97. The quantitative estimate of drug-likeness (QED) is 0.338. The Labute approximate surface area is 234 Å². The topological polar surface area (TPSA) is 157 Å². The van der Waals surface area contributed by atoms with E-state index in [1.54, 1.807) is 23.1 Å². The van der Waals surface area contributed by atoms with Crippen molar-refractivity contribution in [2.24, 2.45) is 11.7 Å². The van der Waals surface area contributed by atoms with Crippen LogP contribution in [0.1, 0.15) is 44.9 Å². The standard InChI is InChI=1S/C28H36N6O5S/c29-28(30)32-13-5-6-19(17-32)16-31-25(35)15-24-27(37)33(22-9-3-4-10-22)18-26(36)34(24)40(38,39)23-12-11-20-7-1-2-8-21(20)14-23/h1-2,7-8,11-12,14,19,22,24H,3-6,9-10,13,15-18H2,(H3,29,30)(H,31,35)/t19-,24-/m0/s1. The fourth-order valence-corrected chi connectivity index (χ4v) is 7.72. The second-order valence-electron chi connectivity index (χ2n) is 11.0. The highest BCUT2D eigenvalue weighted by atomic mass is 32.2. The third-order valence-corrected chi connectivity index (χ3v) is 10.1. The monoisotopic (exact) mass is 568 g/mol. The second kappa shape index (κ2) is 11.4. The molecule has 2 atom stereocenters. The number of hydrogen-bond acceptors (Lipinski definition) is 6. The molecular formula is C28H36N6O5S. The van der Waals surface area contributed by atoms with E-state index in [9.17, 15) is 22.8 Å². The van der Waals surface area contributed by atoms with E-state index in [0.29, 0.717) is 29.3 Å². The molecular weight excluding hydrogens is 532 g/mol. The van der Waals surface area contributed by atoms with E-state index in [0.717, 1.165) is 43.9 Å². The first-order chi connectivity index (χ1) is 19.1. The van der Waals surface area contributed by atoms with Gasteiger partial charge in [0.25, 0.3) is 15.9 Å². The maximum Gasteiger partial charge on any atom is 0.267 e. The molecule has 1 saturated carbocycles. The summed E-state index contributed by atoms with van der Waals surface area (Å²) in [5, 5.41) is 12.0. The van der Waals surface area contributed by atoms with Gasteiger partial charge in [0.1, 0.15) is 12.6 Å². The number of sulfonamides is 1. The van der Waals surface area contributed by atoms with Gasteiger partial charge in [-0.15, -0.1) is 0 Å². The number of amides is 3. The molecule has 0 unspecified atom stereocenters. The van der Waals surface area contributed by atoms with Gasteiger partial charge in [-0.2, -0.15) is 0 Å². The van der Waals surface area contributed by atoms with Crippen molar-refractivity contribution < 1.29 is 22.8 Å². The number of piperazine rings is 1. The molecule has 0 bridgehead atoms. The van der Waals surface area contributed by atoms with Crippen LogP contribution in [-0.4, -0.2) is 84.5 Å². The molecule has 2 saturated heterocycles. The summed E-state index contributed by atoms with van der Waals surface area (Å²) < 4.78 is 28.4. The summed E-state index contributed by atoms with van der Waals surface area (Å²) in [6.07, 6.45) is 4.61. The van der Waals surface area contributed by atoms with Crippen LogP contribution in [-0.2, 0) is 24.4 Å². The Morgan fingerprint density at radius 2 is 1.75 bits per heavy atom. The van der Waals surface area contributed by atoms with Crippen molar-refractivity contribution in [2.45, 2.75) is 61.9 Å². The van der Waals surface area contributed by atoms with Gasteiger partial charge in [0.2, 0.25) is 11.8 Å². The molecule has 214 valence electrons. The third kappa shape index (κ3) is 5.63. The first-order valence-electron chi connectivity index (χ1n) is 13.9. The van der Waals surface area contributed by atoms with Gasteiger partial charge in [0.15, 0.2) is 5.96 Å². The normalized spacial score (nSPS) is 22.6. The van der Waals surface area contributed by atoms with Crippen LogP contribution in [0.15, 0.2) is 47.4 Å². The third-order valence-electron chi connectivity index (χ3n) is 8.27. The van der Waals surface area contributed by atoms with Gasteiger partial charge in [-0.1, -0.05) is 43.2 Å². The molecule has 11 nitrogen and oxygen atoms in total. The number of nitrogens with one attached hydrogen (secondary N) is 2. The summed E-state index contributed by atoms with van der Waals surface area (Å²) in [5.74, 6) is -1.66. The van der Waals surface area contributed by atoms with E-state index in [1.807, 2.05) is 12.1 Å². The molecule has 1 aliphatic carbocycles. The van der Waals surface area contributed by atoms with Crippen molar-refractivity contribution in [1.29, 1.82) is 5.41 Å². The van der Waals surface area contributed by atoms with Crippen molar-refractivity contribution in [3.8, 4) is 0 Å². The Morgan fingerprint density at radius 3 is 2.48 bits per heavy atom. The van der Waals surface area contributed by atoms with E-state index in [1.165, 1.54) is 17.0 Å². The van der Waals surface area contributed by atoms with Gasteiger partial charge in [-0.3, -0.25) is 19.8 Å². The van der Waals surface area contributed by atoms with E-state index in [-0.39, 0.29) is 29.4 Å². The number of nitrogens with zero attached hydrogens (tertiary/aromatic N) is 3. The average molecular weight is 569 g/mol. The van der Waals surface area contributed by atoms with Crippen molar-refractivity contribution in [2.75, 3.05) is 26.2 Å². The Balaban J connectivity index is 1.39. The summed E-state index contributed by atoms with van der Waals surface area (Å²) >= 11 is 0. The molecule has 3 aliphatic rings. The highest BCUT2D eigenvalue weighted by Crippen LogP contribution is 2.31. The van der Waals surface area contributed by atoms with Crippen LogP contribution in [0, 0.1) is 11.3 Å². The minimum absolute atomic E-state index is 0.0103. The number of hydrogen-bond donors (Lipinski definition) is 3. The maximum atomic E-state index is 13.9. The summed E-state index contributed by atoms with van der Waals surface area (Å²) in [6.45, 7) is 1.21. The molecule has 2 aliphatic heterocycles. The van der Waals surface area contributed by atoms with Gasteiger partial charge in [0.05, 0.1) is 11.3 Å². The molecule has 40 heavy (non-hydrogen) atoms. The van der Waals surface area contributed by atoms with Gasteiger partial charge in [-0.05, 0) is 54.5 Å². The maximum absolute atomic E-state index is 13.9. The number of carbonyl (C=O) groups excluding carboxylic acids is 3. The van der Waals surface area contributed by atoms with Crippen molar-refractivity contribution in [1.82, 2.24) is 19.4 Å². The van der Waals surface area contributed by atoms with Crippen LogP contribution in [0.4, 0.5) is 0 Å². The van der Waals surface area contributed by atoms with Gasteiger partial charge in [-0.25, -0.2) is 12.7 Å². The lowest BCUT2D eigenvalue weighted by Gasteiger charge is -2.41. The summed E-state index contributed by atoms with van der Waals surface area (Å²) in [7, 11) is -4.42. The van der Waals surface area contributed by atoms with E-state index >= 15 is 0 Å². The highest BCUT2D eigenvalue weighted by Gasteiger charge is 2.48. The number of carbonyl (C=O) groups is 3. The zero-order valence-electron chi connectivity index (χ0n) is 22.4. The SMILES string of the molecule is N=C(N)N1CCC[C@@H](CNC(=O)C[C@H]2C(=O)N(C3CCCC3)CC(=O)N2S(=O)(=O)c2ccc3ccccc3c2)C1. The average Bonchev–Trinajstić information content (AvgIpc) is 3.48. The van der Waals surface area contributed by atoms with Crippen LogP contribution in [0.25, 0.3) is 10.8 Å². The number of fused-ring (bicyclic) bond motifs is 1. The Bertz CT molecular complexity index is 1420. The summed E-state index contributed by atoms with van der Waals surface area (Å²) in [4.78, 5) is 43.5. The van der Waals surface area contributed by atoms with Crippen molar-refractivity contribution in [3.63, 3.8) is 0 Å². The molecule has 0 spiro atoms. The van der Waals surface area contributed by atoms with Crippen molar-refractivity contribution >= 4 is 44.5 Å². The first kappa shape index (κ1) is 27.9. The predicted octanol–water partition coefficient (Wildman–Crippen LogP) is 1.62. The molecule has 2 aromatic carbocycles. The lowest BCUT2D eigenvalue weighted by atomic mass is 9.98. The molecule has 5 rings (SSSR count). The van der Waals surface area contributed by atoms with Crippen LogP contribution in [0.3, 0.4) is 0 Å². The molecule has 4 N–H and O–H groups in total.